The fourth-order valence-corrected chi connectivity index (χ4v) is 3.08. The average molecular weight is 360 g/mol. The molecule has 9 heteroatoms. The summed E-state index contributed by atoms with van der Waals surface area (Å²) < 4.78 is 27.1. The maximum atomic E-state index is 12.3. The number of nitrogens with one attached hydrogen (secondary N) is 1. The minimum absolute atomic E-state index is 0.114. The van der Waals surface area contributed by atoms with Crippen molar-refractivity contribution in [2.45, 2.75) is 11.3 Å². The van der Waals surface area contributed by atoms with Gasteiger partial charge < -0.3 is 17.2 Å². The van der Waals surface area contributed by atoms with Crippen molar-refractivity contribution in [3.8, 4) is 0 Å². The van der Waals surface area contributed by atoms with E-state index in [2.05, 4.69) is 14.7 Å². The summed E-state index contributed by atoms with van der Waals surface area (Å²) >= 11 is 0. The molecular weight excluding hydrogens is 340 g/mol. The second-order valence-electron chi connectivity index (χ2n) is 5.13. The first-order chi connectivity index (χ1) is 11.9. The summed E-state index contributed by atoms with van der Waals surface area (Å²) in [4.78, 5) is 7.68. The van der Waals surface area contributed by atoms with E-state index in [4.69, 9.17) is 17.2 Å². The number of nitrogens with zero attached hydrogens (tertiary/aromatic N) is 2. The molecule has 8 nitrogen and oxygen atoms in total. The van der Waals surface area contributed by atoms with Gasteiger partial charge in [-0.1, -0.05) is 30.3 Å². The van der Waals surface area contributed by atoms with Gasteiger partial charge in [-0.15, -0.1) is 0 Å². The quantitative estimate of drug-likeness (QED) is 0.435. The van der Waals surface area contributed by atoms with Gasteiger partial charge in [0, 0.05) is 6.54 Å². The summed E-state index contributed by atoms with van der Waals surface area (Å²) in [5.74, 6) is -0.320. The molecule has 0 amide bonds. The highest BCUT2D eigenvalue weighted by molar-refractivity contribution is 7.89. The topological polar surface area (TPSA) is 149 Å². The number of aliphatic imine (C=N–C) groups is 2. The number of rotatable bonds is 6. The molecule has 0 aliphatic carbocycles. The zero-order valence-electron chi connectivity index (χ0n) is 13.5. The Morgan fingerprint density at radius 1 is 0.960 bits per heavy atom. The molecule has 25 heavy (non-hydrogen) atoms. The van der Waals surface area contributed by atoms with E-state index in [0.717, 1.165) is 5.56 Å². The molecule has 0 bridgehead atoms. The molecule has 2 rings (SSSR count). The zero-order chi connectivity index (χ0) is 18.3. The molecule has 0 aromatic heterocycles. The van der Waals surface area contributed by atoms with Crippen molar-refractivity contribution in [1.82, 2.24) is 4.72 Å². The van der Waals surface area contributed by atoms with Crippen molar-refractivity contribution >= 4 is 27.6 Å². The van der Waals surface area contributed by atoms with Gasteiger partial charge in [0.05, 0.1) is 10.6 Å². The van der Waals surface area contributed by atoms with Crippen LogP contribution in [0.25, 0.3) is 0 Å². The van der Waals surface area contributed by atoms with Crippen LogP contribution in [0.5, 0.6) is 0 Å². The number of hydrogen-bond acceptors (Lipinski definition) is 3. The van der Waals surface area contributed by atoms with Crippen LogP contribution >= 0.6 is 0 Å². The van der Waals surface area contributed by atoms with E-state index < -0.39 is 10.0 Å². The summed E-state index contributed by atoms with van der Waals surface area (Å²) in [6, 6.07) is 15.5. The third-order valence-electron chi connectivity index (χ3n) is 3.18. The van der Waals surface area contributed by atoms with Gasteiger partial charge in [0.15, 0.2) is 5.96 Å². The third-order valence-corrected chi connectivity index (χ3v) is 4.66. The Balaban J connectivity index is 2.01. The summed E-state index contributed by atoms with van der Waals surface area (Å²) in [7, 11) is -3.59. The molecule has 7 N–H and O–H groups in total. The van der Waals surface area contributed by atoms with Crippen molar-refractivity contribution < 1.29 is 8.42 Å². The summed E-state index contributed by atoms with van der Waals surface area (Å²) in [5, 5.41) is 0. The van der Waals surface area contributed by atoms with Crippen molar-refractivity contribution in [3.63, 3.8) is 0 Å². The third kappa shape index (κ3) is 5.90. The van der Waals surface area contributed by atoms with Gasteiger partial charge in [-0.25, -0.2) is 18.1 Å². The van der Waals surface area contributed by atoms with Crippen LogP contribution in [0, 0.1) is 0 Å². The van der Waals surface area contributed by atoms with Crippen LogP contribution in [0.3, 0.4) is 0 Å². The Bertz CT molecular complexity index is 857. The molecule has 0 radical (unpaired) electrons. The Hall–Kier alpha value is -2.91. The molecular formula is C16H20N6O2S. The largest absolute Gasteiger partial charge is 0.370 e. The molecule has 0 saturated carbocycles. The van der Waals surface area contributed by atoms with Gasteiger partial charge in [-0.3, -0.25) is 0 Å². The SMILES string of the molecule is NC(N)=NC(N)=Nc1ccc(S(=O)(=O)NCCc2ccccc2)cc1. The number of guanidine groups is 2. The average Bonchev–Trinajstić information content (AvgIpc) is 2.55. The molecule has 0 aliphatic heterocycles. The Morgan fingerprint density at radius 3 is 2.20 bits per heavy atom. The van der Waals surface area contributed by atoms with E-state index in [9.17, 15) is 8.42 Å². The van der Waals surface area contributed by atoms with E-state index in [0.29, 0.717) is 18.7 Å². The molecule has 0 atom stereocenters. The second kappa shape index (κ2) is 8.27. The number of hydrogen-bond donors (Lipinski definition) is 4. The van der Waals surface area contributed by atoms with Crippen LogP contribution in [0.15, 0.2) is 69.5 Å². The summed E-state index contributed by atoms with van der Waals surface area (Å²) in [5.41, 5.74) is 17.4. The molecule has 0 fully saturated rings. The number of sulfonamides is 1. The second-order valence-corrected chi connectivity index (χ2v) is 6.90. The Morgan fingerprint density at radius 2 is 1.60 bits per heavy atom. The van der Waals surface area contributed by atoms with Crippen molar-refractivity contribution in [2.75, 3.05) is 6.54 Å². The van der Waals surface area contributed by atoms with Gasteiger partial charge in [0.25, 0.3) is 0 Å². The van der Waals surface area contributed by atoms with Crippen LogP contribution < -0.4 is 21.9 Å². The van der Waals surface area contributed by atoms with Crippen molar-refractivity contribution in [2.24, 2.45) is 27.2 Å². The molecule has 0 heterocycles. The lowest BCUT2D eigenvalue weighted by atomic mass is 10.2. The lowest BCUT2D eigenvalue weighted by Gasteiger charge is -2.07. The van der Waals surface area contributed by atoms with Crippen LogP contribution in [0.4, 0.5) is 5.69 Å². The predicted octanol–water partition coefficient (Wildman–Crippen LogP) is 0.427. The van der Waals surface area contributed by atoms with Gasteiger partial charge in [-0.05, 0) is 36.2 Å². The maximum absolute atomic E-state index is 12.3. The maximum Gasteiger partial charge on any atom is 0.240 e. The number of benzene rings is 2. The summed E-state index contributed by atoms with van der Waals surface area (Å²) in [6.45, 7) is 0.309. The van der Waals surface area contributed by atoms with Crippen molar-refractivity contribution in [1.29, 1.82) is 0 Å². The molecule has 0 spiro atoms. The minimum Gasteiger partial charge on any atom is -0.370 e. The summed E-state index contributed by atoms with van der Waals surface area (Å²) in [6.07, 6.45) is 0.609. The molecule has 0 unspecified atom stereocenters. The molecule has 0 saturated heterocycles. The van der Waals surface area contributed by atoms with E-state index >= 15 is 0 Å². The van der Waals surface area contributed by atoms with Crippen molar-refractivity contribution in [3.05, 3.63) is 60.2 Å². The van der Waals surface area contributed by atoms with Crippen LogP contribution in [-0.2, 0) is 16.4 Å². The first-order valence-electron chi connectivity index (χ1n) is 7.44. The highest BCUT2D eigenvalue weighted by atomic mass is 32.2. The molecule has 2 aromatic rings. The zero-order valence-corrected chi connectivity index (χ0v) is 14.3. The highest BCUT2D eigenvalue weighted by Crippen LogP contribution is 2.16. The molecule has 0 aliphatic rings. The van der Waals surface area contributed by atoms with E-state index in [1.54, 1.807) is 0 Å². The highest BCUT2D eigenvalue weighted by Gasteiger charge is 2.13. The lowest BCUT2D eigenvalue weighted by Crippen LogP contribution is -2.26. The van der Waals surface area contributed by atoms with Gasteiger partial charge >= 0.3 is 0 Å². The molecule has 132 valence electrons. The lowest BCUT2D eigenvalue weighted by molar-refractivity contribution is 0.581. The smallest absolute Gasteiger partial charge is 0.240 e. The standard InChI is InChI=1S/C16H20N6O2S/c17-15(18)22-16(19)21-13-6-8-14(9-7-13)25(23,24)20-11-10-12-4-2-1-3-5-12/h1-9,20H,10-11H2,(H6,17,18,19,21,22). The predicted molar refractivity (Wildman–Crippen MR) is 98.9 cm³/mol. The Kier molecular flexibility index (Phi) is 6.09. The minimum atomic E-state index is -3.59. The van der Waals surface area contributed by atoms with Gasteiger partial charge in [0.2, 0.25) is 16.0 Å². The van der Waals surface area contributed by atoms with Gasteiger partial charge in [0.1, 0.15) is 0 Å². The number of nitrogens with two attached hydrogens (primary N) is 3. The van der Waals surface area contributed by atoms with E-state index in [-0.39, 0.29) is 16.8 Å². The fourth-order valence-electron chi connectivity index (χ4n) is 2.05. The fraction of sp³-hybridized carbons (Fsp3) is 0.125. The van der Waals surface area contributed by atoms with Crippen LogP contribution in [0.1, 0.15) is 5.56 Å². The van der Waals surface area contributed by atoms with Crippen LogP contribution in [0.2, 0.25) is 0 Å². The first kappa shape index (κ1) is 18.4. The van der Waals surface area contributed by atoms with Crippen LogP contribution in [-0.4, -0.2) is 26.9 Å². The van der Waals surface area contributed by atoms with Gasteiger partial charge in [-0.2, -0.15) is 4.99 Å². The first-order valence-corrected chi connectivity index (χ1v) is 8.92. The van der Waals surface area contributed by atoms with E-state index in [1.165, 1.54) is 24.3 Å². The Labute approximate surface area is 146 Å². The monoisotopic (exact) mass is 360 g/mol. The molecule has 2 aromatic carbocycles. The normalized spacial score (nSPS) is 11.9. The van der Waals surface area contributed by atoms with E-state index in [1.807, 2.05) is 30.3 Å².